The molecule has 0 aromatic carbocycles. The lowest BCUT2D eigenvalue weighted by Crippen LogP contribution is -2.37. The van der Waals surface area contributed by atoms with Crippen molar-refractivity contribution in [1.29, 1.82) is 0 Å². The van der Waals surface area contributed by atoms with E-state index in [1.165, 1.54) is 0 Å². The van der Waals surface area contributed by atoms with Gasteiger partial charge in [-0.25, -0.2) is 0 Å². The van der Waals surface area contributed by atoms with Crippen LogP contribution in [0, 0.1) is 5.92 Å². The summed E-state index contributed by atoms with van der Waals surface area (Å²) in [5.41, 5.74) is 2.22. The number of hydrogen-bond donors (Lipinski definition) is 2. The number of rotatable bonds is 6. The highest BCUT2D eigenvalue weighted by Crippen LogP contribution is 2.29. The van der Waals surface area contributed by atoms with Crippen molar-refractivity contribution in [3.05, 3.63) is 18.5 Å². The molecule has 0 unspecified atom stereocenters. The Morgan fingerprint density at radius 2 is 2.22 bits per heavy atom. The van der Waals surface area contributed by atoms with E-state index in [0.717, 1.165) is 43.7 Å². The second-order valence-corrected chi connectivity index (χ2v) is 5.23. The van der Waals surface area contributed by atoms with Crippen molar-refractivity contribution in [2.45, 2.75) is 32.3 Å². The summed E-state index contributed by atoms with van der Waals surface area (Å²) in [5.74, 6) is 0.622. The Bertz CT molecular complexity index is 377. The van der Waals surface area contributed by atoms with Crippen molar-refractivity contribution in [1.82, 2.24) is 4.98 Å². The number of pyridine rings is 1. The van der Waals surface area contributed by atoms with Gasteiger partial charge in [0.1, 0.15) is 0 Å². The average molecular weight is 249 g/mol. The maximum atomic E-state index is 9.30. The quantitative estimate of drug-likeness (QED) is 0.810. The molecule has 0 spiro atoms. The van der Waals surface area contributed by atoms with E-state index in [1.54, 1.807) is 0 Å². The van der Waals surface area contributed by atoms with Crippen LogP contribution in [0.1, 0.15) is 26.2 Å². The van der Waals surface area contributed by atoms with E-state index in [9.17, 15) is 5.11 Å². The van der Waals surface area contributed by atoms with Gasteiger partial charge in [-0.3, -0.25) is 4.98 Å². The van der Waals surface area contributed by atoms with Crippen molar-refractivity contribution < 1.29 is 5.11 Å². The summed E-state index contributed by atoms with van der Waals surface area (Å²) >= 11 is 0. The van der Waals surface area contributed by atoms with Gasteiger partial charge in [0.15, 0.2) is 0 Å². The van der Waals surface area contributed by atoms with Crippen LogP contribution in [0.2, 0.25) is 0 Å². The van der Waals surface area contributed by atoms with Crippen molar-refractivity contribution >= 4 is 11.4 Å². The van der Waals surface area contributed by atoms with Gasteiger partial charge in [-0.2, -0.15) is 0 Å². The number of aromatic nitrogens is 1. The van der Waals surface area contributed by atoms with Crippen LogP contribution >= 0.6 is 0 Å². The molecular formula is C14H23N3O. The fourth-order valence-corrected chi connectivity index (χ4v) is 2.34. The Hall–Kier alpha value is -1.29. The van der Waals surface area contributed by atoms with Crippen molar-refractivity contribution in [3.8, 4) is 0 Å². The lowest BCUT2D eigenvalue weighted by Gasteiger charge is -2.35. The molecule has 1 fully saturated rings. The predicted octanol–water partition coefficient (Wildman–Crippen LogP) is 2.11. The Labute approximate surface area is 109 Å². The van der Waals surface area contributed by atoms with Crippen molar-refractivity contribution in [2.24, 2.45) is 5.92 Å². The molecule has 0 aliphatic heterocycles. The molecule has 1 aromatic rings. The van der Waals surface area contributed by atoms with E-state index in [4.69, 9.17) is 0 Å². The molecule has 1 aliphatic carbocycles. The van der Waals surface area contributed by atoms with E-state index in [0.29, 0.717) is 5.92 Å². The summed E-state index contributed by atoms with van der Waals surface area (Å²) in [6.45, 7) is 4.12. The maximum absolute atomic E-state index is 9.30. The molecule has 1 aromatic heterocycles. The standard InChI is InChI=1S/C14H23N3O/c1-3-4-16-12-7-13(9-15-8-12)17(2)10-11-5-14(18)6-11/h7-9,11,14,16,18H,3-6,10H2,1-2H3. The Balaban J connectivity index is 1.90. The number of aliphatic hydroxyl groups is 1. The van der Waals surface area contributed by atoms with Gasteiger partial charge in [0.2, 0.25) is 0 Å². The van der Waals surface area contributed by atoms with Gasteiger partial charge in [0.25, 0.3) is 0 Å². The van der Waals surface area contributed by atoms with Crippen molar-refractivity contribution in [2.75, 3.05) is 30.4 Å². The maximum Gasteiger partial charge on any atom is 0.0570 e. The molecule has 0 radical (unpaired) electrons. The van der Waals surface area contributed by atoms with Gasteiger partial charge in [0.05, 0.1) is 29.9 Å². The monoisotopic (exact) mass is 249 g/mol. The minimum atomic E-state index is -0.0703. The third-order valence-corrected chi connectivity index (χ3v) is 3.49. The van der Waals surface area contributed by atoms with E-state index in [2.05, 4.69) is 35.2 Å². The Morgan fingerprint density at radius 3 is 2.89 bits per heavy atom. The van der Waals surface area contributed by atoms with Crippen LogP contribution in [-0.2, 0) is 0 Å². The zero-order valence-electron chi connectivity index (χ0n) is 11.3. The van der Waals surface area contributed by atoms with Crippen LogP contribution in [0.5, 0.6) is 0 Å². The summed E-state index contributed by atoms with van der Waals surface area (Å²) in [5, 5.41) is 12.7. The molecular weight excluding hydrogens is 226 g/mol. The van der Waals surface area contributed by atoms with Gasteiger partial charge in [-0.05, 0) is 31.2 Å². The average Bonchev–Trinajstić information content (AvgIpc) is 2.35. The lowest BCUT2D eigenvalue weighted by molar-refractivity contribution is 0.0465. The fourth-order valence-electron chi connectivity index (χ4n) is 2.34. The van der Waals surface area contributed by atoms with E-state index < -0.39 is 0 Å². The number of hydrogen-bond acceptors (Lipinski definition) is 4. The topological polar surface area (TPSA) is 48.4 Å². The highest BCUT2D eigenvalue weighted by Gasteiger charge is 2.28. The second kappa shape index (κ2) is 6.05. The fraction of sp³-hybridized carbons (Fsp3) is 0.643. The molecule has 1 saturated carbocycles. The predicted molar refractivity (Wildman–Crippen MR) is 75.0 cm³/mol. The largest absolute Gasteiger partial charge is 0.393 e. The summed E-state index contributed by atoms with van der Waals surface area (Å²) in [6.07, 6.45) is 6.67. The first-order valence-electron chi connectivity index (χ1n) is 6.77. The molecule has 18 heavy (non-hydrogen) atoms. The van der Waals surface area contributed by atoms with E-state index in [1.807, 2.05) is 12.4 Å². The lowest BCUT2D eigenvalue weighted by atomic mass is 9.82. The number of anilines is 2. The molecule has 100 valence electrons. The van der Waals surface area contributed by atoms with Gasteiger partial charge in [0, 0.05) is 20.1 Å². The van der Waals surface area contributed by atoms with Crippen LogP contribution in [0.25, 0.3) is 0 Å². The molecule has 0 amide bonds. The van der Waals surface area contributed by atoms with Gasteiger partial charge < -0.3 is 15.3 Å². The zero-order chi connectivity index (χ0) is 13.0. The summed E-state index contributed by atoms with van der Waals surface area (Å²) in [4.78, 5) is 6.49. The molecule has 0 atom stereocenters. The van der Waals surface area contributed by atoms with Crippen molar-refractivity contribution in [3.63, 3.8) is 0 Å². The van der Waals surface area contributed by atoms with Crippen LogP contribution in [0.3, 0.4) is 0 Å². The SMILES string of the molecule is CCCNc1cncc(N(C)CC2CC(O)C2)c1. The highest BCUT2D eigenvalue weighted by atomic mass is 16.3. The van der Waals surface area contributed by atoms with Crippen LogP contribution < -0.4 is 10.2 Å². The first-order valence-corrected chi connectivity index (χ1v) is 6.77. The molecule has 4 nitrogen and oxygen atoms in total. The van der Waals surface area contributed by atoms with Crippen LogP contribution in [0.4, 0.5) is 11.4 Å². The number of aliphatic hydroxyl groups excluding tert-OH is 1. The second-order valence-electron chi connectivity index (χ2n) is 5.23. The van der Waals surface area contributed by atoms with Gasteiger partial charge in [-0.15, -0.1) is 0 Å². The van der Waals surface area contributed by atoms with Gasteiger partial charge >= 0.3 is 0 Å². The molecule has 4 heteroatoms. The van der Waals surface area contributed by atoms with Crippen LogP contribution in [-0.4, -0.2) is 36.3 Å². The molecule has 2 rings (SSSR count). The first-order chi connectivity index (χ1) is 8.69. The molecule has 1 heterocycles. The minimum Gasteiger partial charge on any atom is -0.393 e. The van der Waals surface area contributed by atoms with E-state index >= 15 is 0 Å². The van der Waals surface area contributed by atoms with Gasteiger partial charge in [-0.1, -0.05) is 6.92 Å². The summed E-state index contributed by atoms with van der Waals surface area (Å²) < 4.78 is 0. The highest BCUT2D eigenvalue weighted by molar-refractivity contribution is 5.55. The number of nitrogens with one attached hydrogen (secondary N) is 1. The normalized spacial score (nSPS) is 22.4. The van der Waals surface area contributed by atoms with Crippen LogP contribution in [0.15, 0.2) is 18.5 Å². The Kier molecular flexibility index (Phi) is 4.42. The molecule has 1 aliphatic rings. The zero-order valence-corrected chi connectivity index (χ0v) is 11.3. The molecule has 0 bridgehead atoms. The summed E-state index contributed by atoms with van der Waals surface area (Å²) in [7, 11) is 2.09. The number of nitrogens with zero attached hydrogens (tertiary/aromatic N) is 2. The summed E-state index contributed by atoms with van der Waals surface area (Å²) in [6, 6.07) is 2.14. The third-order valence-electron chi connectivity index (χ3n) is 3.49. The molecule has 2 N–H and O–H groups in total. The molecule has 0 saturated heterocycles. The smallest absolute Gasteiger partial charge is 0.0570 e. The first kappa shape index (κ1) is 13.1. The third kappa shape index (κ3) is 3.35. The Morgan fingerprint density at radius 1 is 1.44 bits per heavy atom. The minimum absolute atomic E-state index is 0.0703. The van der Waals surface area contributed by atoms with E-state index in [-0.39, 0.29) is 6.10 Å².